The van der Waals surface area contributed by atoms with Crippen molar-refractivity contribution in [3.05, 3.63) is 96.6 Å². The number of hydrogen-bond acceptors (Lipinski definition) is 13. The second-order valence-electron chi connectivity index (χ2n) is 14.9. The lowest BCUT2D eigenvalue weighted by Crippen LogP contribution is -2.28. The second-order valence-corrected chi connectivity index (χ2v) is 17.2. The summed E-state index contributed by atoms with van der Waals surface area (Å²) in [5.74, 6) is 1.82. The number of esters is 3. The fourth-order valence-corrected chi connectivity index (χ4v) is 10.2. The Morgan fingerprint density at radius 3 is 1.37 bits per heavy atom. The molecule has 312 valence electrons. The molecule has 4 heterocycles. The smallest absolute Gasteiger partial charge is 0.335 e. The molecular formula is C45H40I2O13. The molecule has 0 aromatic heterocycles. The van der Waals surface area contributed by atoms with Crippen LogP contribution in [0.25, 0.3) is 21.5 Å². The van der Waals surface area contributed by atoms with Gasteiger partial charge in [-0.05, 0) is 142 Å². The van der Waals surface area contributed by atoms with E-state index in [9.17, 15) is 14.4 Å². The number of rotatable bonds is 13. The minimum Gasteiger partial charge on any atom is -0.465 e. The lowest BCUT2D eigenvalue weighted by atomic mass is 9.78. The van der Waals surface area contributed by atoms with Crippen molar-refractivity contribution in [1.29, 1.82) is 0 Å². The molecule has 6 atom stereocenters. The highest BCUT2D eigenvalue weighted by atomic mass is 127. The summed E-state index contributed by atoms with van der Waals surface area (Å²) in [6, 6.07) is 24.0. The molecule has 0 bridgehead atoms. The van der Waals surface area contributed by atoms with Gasteiger partial charge in [0.05, 0.1) is 27.0 Å². The molecule has 0 N–H and O–H groups in total. The zero-order valence-corrected chi connectivity index (χ0v) is 37.1. The summed E-state index contributed by atoms with van der Waals surface area (Å²) in [5, 5.41) is 3.78. The minimum atomic E-state index is -0.695. The molecule has 13 nitrogen and oxygen atoms in total. The zero-order valence-electron chi connectivity index (χ0n) is 32.8. The van der Waals surface area contributed by atoms with Crippen LogP contribution < -0.4 is 18.9 Å². The molecule has 60 heavy (non-hydrogen) atoms. The Morgan fingerprint density at radius 1 is 0.550 bits per heavy atom. The topological polar surface area (TPSA) is 144 Å². The van der Waals surface area contributed by atoms with E-state index in [1.54, 1.807) is 20.8 Å². The molecule has 6 unspecified atom stereocenters. The molecule has 3 saturated heterocycles. The van der Waals surface area contributed by atoms with Crippen molar-refractivity contribution in [2.45, 2.75) is 83.1 Å². The number of carbonyl (C=O) groups excluding carboxylic acids is 3. The molecule has 4 aliphatic rings. The van der Waals surface area contributed by atoms with Crippen LogP contribution in [0.4, 0.5) is 0 Å². The minimum absolute atomic E-state index is 0.307. The second kappa shape index (κ2) is 17.1. The van der Waals surface area contributed by atoms with Gasteiger partial charge in [0.2, 0.25) is 0 Å². The lowest BCUT2D eigenvalue weighted by molar-refractivity contribution is -0.160. The van der Waals surface area contributed by atoms with E-state index in [1.807, 2.05) is 60.7 Å². The van der Waals surface area contributed by atoms with Gasteiger partial charge in [-0.3, -0.25) is 0 Å². The Morgan fingerprint density at radius 2 is 0.967 bits per heavy atom. The van der Waals surface area contributed by atoms with E-state index in [0.717, 1.165) is 56.9 Å². The average Bonchev–Trinajstić information content (AvgIpc) is 3.95. The average molecular weight is 1040 g/mol. The summed E-state index contributed by atoms with van der Waals surface area (Å²) < 4.78 is 59.9. The third kappa shape index (κ3) is 8.30. The van der Waals surface area contributed by atoms with Crippen LogP contribution in [0.3, 0.4) is 0 Å². The first-order valence-electron chi connectivity index (χ1n) is 19.8. The van der Waals surface area contributed by atoms with Crippen LogP contribution >= 0.6 is 45.2 Å². The predicted molar refractivity (Wildman–Crippen MR) is 232 cm³/mol. The van der Waals surface area contributed by atoms with Crippen LogP contribution in [0.1, 0.15) is 62.6 Å². The van der Waals surface area contributed by atoms with Gasteiger partial charge >= 0.3 is 17.9 Å². The number of hydrogen-bond donors (Lipinski definition) is 0. The molecule has 0 radical (unpaired) electrons. The van der Waals surface area contributed by atoms with Crippen molar-refractivity contribution >= 4 is 84.6 Å². The van der Waals surface area contributed by atoms with Crippen LogP contribution in [-0.4, -0.2) is 74.9 Å². The summed E-state index contributed by atoms with van der Waals surface area (Å²) in [6.45, 7) is 6.30. The van der Waals surface area contributed by atoms with Gasteiger partial charge in [-0.15, -0.1) is 0 Å². The van der Waals surface area contributed by atoms with Gasteiger partial charge in [0.1, 0.15) is 28.7 Å². The Balaban J connectivity index is 1.09. The Kier molecular flexibility index (Phi) is 11.7. The standard InChI is InChI=1S/C45H40I2O13/c1-22(56-36-12-15-51-43(36)48)54-28-6-8-30-25(18-28)4-10-34-40(30)39(27-20-32(46)42(33(47)21-27)59-24(3)58-38-14-17-53-45(38)50)41-31-9-7-29(19-26(31)5-11-35(41)60-34)55-23(2)57-37-13-16-52-44(37)49/h4-11,18-24,36-39H,12-17H2,1-3H3. The molecule has 3 fully saturated rings. The maximum absolute atomic E-state index is 12.1. The lowest BCUT2D eigenvalue weighted by Gasteiger charge is -2.32. The predicted octanol–water partition coefficient (Wildman–Crippen LogP) is 8.66. The third-order valence-corrected chi connectivity index (χ3v) is 12.4. The monoisotopic (exact) mass is 1040 g/mol. The van der Waals surface area contributed by atoms with E-state index < -0.39 is 37.2 Å². The fraction of sp³-hybridized carbons (Fsp3) is 0.356. The van der Waals surface area contributed by atoms with Crippen molar-refractivity contribution in [2.75, 3.05) is 19.8 Å². The van der Waals surface area contributed by atoms with Gasteiger partial charge in [0, 0.05) is 36.3 Å². The van der Waals surface area contributed by atoms with Crippen molar-refractivity contribution in [1.82, 2.24) is 0 Å². The summed E-state index contributed by atoms with van der Waals surface area (Å²) in [6.07, 6.45) is -2.56. The van der Waals surface area contributed by atoms with Gasteiger partial charge in [-0.2, -0.15) is 0 Å². The van der Waals surface area contributed by atoms with Gasteiger partial charge in [-0.1, -0.05) is 24.3 Å². The zero-order chi connectivity index (χ0) is 41.7. The number of halogens is 2. The number of fused-ring (bicyclic) bond motifs is 6. The van der Waals surface area contributed by atoms with Gasteiger partial charge in [-0.25, -0.2) is 14.4 Å². The Hall–Kier alpha value is -4.43. The van der Waals surface area contributed by atoms with E-state index in [2.05, 4.69) is 57.3 Å². The van der Waals surface area contributed by atoms with E-state index in [1.165, 1.54) is 0 Å². The highest BCUT2D eigenvalue weighted by Gasteiger charge is 2.35. The molecule has 0 aliphatic carbocycles. The maximum Gasteiger partial charge on any atom is 0.335 e. The van der Waals surface area contributed by atoms with Gasteiger partial charge < -0.3 is 47.4 Å². The summed E-state index contributed by atoms with van der Waals surface area (Å²) in [5.41, 5.74) is 2.95. The molecule has 5 aromatic carbocycles. The van der Waals surface area contributed by atoms with Crippen molar-refractivity contribution in [2.24, 2.45) is 0 Å². The first kappa shape index (κ1) is 40.9. The number of cyclic esters (lactones) is 3. The molecule has 4 aliphatic heterocycles. The van der Waals surface area contributed by atoms with E-state index in [-0.39, 0.29) is 23.8 Å². The van der Waals surface area contributed by atoms with Crippen molar-refractivity contribution in [3.8, 4) is 28.7 Å². The van der Waals surface area contributed by atoms with Crippen LogP contribution in [0.5, 0.6) is 28.7 Å². The maximum atomic E-state index is 12.1. The SMILES string of the molecule is CC(Oc1ccc2c3c(ccc2c1)Oc1ccc2cc(OC(C)OC4CCOC4=O)ccc2c1C3c1cc(I)c(OC(C)OC2CCOC2=O)c(I)c1)OC1CCOC1=O. The number of carbonyl (C=O) groups is 3. The molecular weight excluding hydrogens is 1000 g/mol. The molecule has 9 rings (SSSR count). The summed E-state index contributed by atoms with van der Waals surface area (Å²) in [4.78, 5) is 36.2. The van der Waals surface area contributed by atoms with Crippen molar-refractivity contribution < 1.29 is 61.8 Å². The van der Waals surface area contributed by atoms with Gasteiger partial charge in [0.15, 0.2) is 37.2 Å². The molecule has 0 amide bonds. The van der Waals surface area contributed by atoms with Crippen LogP contribution in [0, 0.1) is 7.14 Å². The van der Waals surface area contributed by atoms with Crippen LogP contribution in [0.2, 0.25) is 0 Å². The molecule has 0 saturated carbocycles. The highest BCUT2D eigenvalue weighted by Crippen LogP contribution is 2.53. The van der Waals surface area contributed by atoms with Crippen LogP contribution in [-0.2, 0) is 42.8 Å². The first-order valence-corrected chi connectivity index (χ1v) is 21.9. The summed E-state index contributed by atoms with van der Waals surface area (Å²) in [7, 11) is 0. The number of ether oxygens (including phenoxy) is 10. The van der Waals surface area contributed by atoms with Gasteiger partial charge in [0.25, 0.3) is 0 Å². The molecule has 0 spiro atoms. The Bertz CT molecular complexity index is 2360. The van der Waals surface area contributed by atoms with E-state index in [4.69, 9.17) is 47.4 Å². The highest BCUT2D eigenvalue weighted by molar-refractivity contribution is 14.1. The fourth-order valence-electron chi connectivity index (χ4n) is 8.13. The van der Waals surface area contributed by atoms with Crippen molar-refractivity contribution in [3.63, 3.8) is 0 Å². The molecule has 5 aromatic rings. The molecule has 15 heteroatoms. The summed E-state index contributed by atoms with van der Waals surface area (Å²) >= 11 is 4.58. The quantitative estimate of drug-likeness (QED) is 0.0472. The number of benzene rings is 5. The largest absolute Gasteiger partial charge is 0.465 e. The van der Waals surface area contributed by atoms with Crippen LogP contribution in [0.15, 0.2) is 72.8 Å². The van der Waals surface area contributed by atoms with E-state index >= 15 is 0 Å². The third-order valence-electron chi connectivity index (χ3n) is 10.8. The van der Waals surface area contributed by atoms with E-state index in [0.29, 0.717) is 56.3 Å². The normalized spacial score (nSPS) is 22.3. The first-order chi connectivity index (χ1) is 29.0. The Labute approximate surface area is 372 Å².